The summed E-state index contributed by atoms with van der Waals surface area (Å²) in [6.45, 7) is 4.34. The first-order valence-corrected chi connectivity index (χ1v) is 9.06. The number of thiophene rings is 1. The standard InChI is InChI=1S/C17H23N3O2S/c1-13-11-15(19-22-13)16-6-2-3-8-20(16)9-7-17(21)18-12-14-5-4-10-23-14/h4-5,10-11,16H,2-3,6-9,12H2,1H3,(H,18,21)/t16-/m1/s1. The zero-order chi connectivity index (χ0) is 16.1. The van der Waals surface area contributed by atoms with Crippen molar-refractivity contribution in [2.45, 2.75) is 45.2 Å². The Balaban J connectivity index is 1.50. The molecule has 3 rings (SSSR count). The lowest BCUT2D eigenvalue weighted by Crippen LogP contribution is -2.36. The number of piperidine rings is 1. The maximum Gasteiger partial charge on any atom is 0.221 e. The van der Waals surface area contributed by atoms with Crippen molar-refractivity contribution in [3.8, 4) is 0 Å². The van der Waals surface area contributed by atoms with Crippen LogP contribution in [0.2, 0.25) is 0 Å². The molecule has 2 aromatic rings. The molecule has 0 bridgehead atoms. The Morgan fingerprint density at radius 1 is 1.52 bits per heavy atom. The number of hydrogen-bond donors (Lipinski definition) is 1. The van der Waals surface area contributed by atoms with E-state index in [9.17, 15) is 4.79 Å². The van der Waals surface area contributed by atoms with E-state index >= 15 is 0 Å². The first-order valence-electron chi connectivity index (χ1n) is 8.19. The molecule has 0 saturated carbocycles. The van der Waals surface area contributed by atoms with E-state index in [1.165, 1.54) is 17.7 Å². The van der Waals surface area contributed by atoms with Crippen LogP contribution in [-0.4, -0.2) is 29.1 Å². The molecule has 6 heteroatoms. The van der Waals surface area contributed by atoms with Gasteiger partial charge in [0.1, 0.15) is 11.5 Å². The van der Waals surface area contributed by atoms with Crippen molar-refractivity contribution in [3.63, 3.8) is 0 Å². The van der Waals surface area contributed by atoms with E-state index in [4.69, 9.17) is 4.52 Å². The van der Waals surface area contributed by atoms with Crippen molar-refractivity contribution in [2.75, 3.05) is 13.1 Å². The second-order valence-electron chi connectivity index (χ2n) is 6.02. The Morgan fingerprint density at radius 2 is 2.43 bits per heavy atom. The first-order chi connectivity index (χ1) is 11.2. The molecular weight excluding hydrogens is 310 g/mol. The molecule has 0 aromatic carbocycles. The maximum absolute atomic E-state index is 12.1. The van der Waals surface area contributed by atoms with Gasteiger partial charge in [0.05, 0.1) is 12.6 Å². The molecule has 5 nitrogen and oxygen atoms in total. The number of nitrogens with zero attached hydrogens (tertiary/aromatic N) is 2. The highest BCUT2D eigenvalue weighted by atomic mass is 32.1. The smallest absolute Gasteiger partial charge is 0.221 e. The molecule has 1 amide bonds. The summed E-state index contributed by atoms with van der Waals surface area (Å²) in [6.07, 6.45) is 4.00. The van der Waals surface area contributed by atoms with E-state index in [0.717, 1.165) is 31.0 Å². The lowest BCUT2D eigenvalue weighted by molar-refractivity contribution is -0.121. The largest absolute Gasteiger partial charge is 0.361 e. The van der Waals surface area contributed by atoms with Gasteiger partial charge in [-0.3, -0.25) is 9.69 Å². The van der Waals surface area contributed by atoms with Crippen LogP contribution in [0, 0.1) is 6.92 Å². The fourth-order valence-corrected chi connectivity index (χ4v) is 3.71. The molecule has 0 radical (unpaired) electrons. The third-order valence-corrected chi connectivity index (χ3v) is 5.14. The SMILES string of the molecule is Cc1cc([C@H]2CCCCN2CCC(=O)NCc2cccs2)no1. The highest BCUT2D eigenvalue weighted by molar-refractivity contribution is 7.09. The average Bonchev–Trinajstić information content (AvgIpc) is 3.22. The highest BCUT2D eigenvalue weighted by Crippen LogP contribution is 2.30. The van der Waals surface area contributed by atoms with Crippen molar-refractivity contribution in [1.29, 1.82) is 0 Å². The number of nitrogens with one attached hydrogen (secondary N) is 1. The van der Waals surface area contributed by atoms with Gasteiger partial charge >= 0.3 is 0 Å². The Kier molecular flexibility index (Phi) is 5.46. The highest BCUT2D eigenvalue weighted by Gasteiger charge is 2.26. The molecule has 23 heavy (non-hydrogen) atoms. The number of aryl methyl sites for hydroxylation is 1. The second kappa shape index (κ2) is 7.75. The number of rotatable bonds is 6. The van der Waals surface area contributed by atoms with Crippen molar-refractivity contribution >= 4 is 17.2 Å². The fraction of sp³-hybridized carbons (Fsp3) is 0.529. The summed E-state index contributed by atoms with van der Waals surface area (Å²) < 4.78 is 5.22. The van der Waals surface area contributed by atoms with E-state index in [0.29, 0.717) is 13.0 Å². The maximum atomic E-state index is 12.1. The lowest BCUT2D eigenvalue weighted by Gasteiger charge is -2.34. The third kappa shape index (κ3) is 4.42. The molecule has 124 valence electrons. The van der Waals surface area contributed by atoms with E-state index in [2.05, 4.69) is 15.4 Å². The minimum Gasteiger partial charge on any atom is -0.361 e. The summed E-state index contributed by atoms with van der Waals surface area (Å²) in [5.74, 6) is 0.957. The van der Waals surface area contributed by atoms with Gasteiger partial charge in [0.2, 0.25) is 5.91 Å². The zero-order valence-corrected chi connectivity index (χ0v) is 14.3. The molecule has 1 N–H and O–H groups in total. The molecule has 0 spiro atoms. The van der Waals surface area contributed by atoms with Gasteiger partial charge in [0, 0.05) is 23.9 Å². The third-order valence-electron chi connectivity index (χ3n) is 4.27. The summed E-state index contributed by atoms with van der Waals surface area (Å²) in [5, 5.41) is 9.19. The predicted octanol–water partition coefficient (Wildman–Crippen LogP) is 3.28. The van der Waals surface area contributed by atoms with Crippen LogP contribution in [0.4, 0.5) is 0 Å². The van der Waals surface area contributed by atoms with Crippen LogP contribution in [-0.2, 0) is 11.3 Å². The first kappa shape index (κ1) is 16.2. The molecule has 1 aliphatic heterocycles. The zero-order valence-electron chi connectivity index (χ0n) is 13.5. The van der Waals surface area contributed by atoms with Gasteiger partial charge in [-0.1, -0.05) is 17.6 Å². The molecule has 3 heterocycles. The predicted molar refractivity (Wildman–Crippen MR) is 90.2 cm³/mol. The van der Waals surface area contributed by atoms with Crippen LogP contribution >= 0.6 is 11.3 Å². The topological polar surface area (TPSA) is 58.4 Å². The Morgan fingerprint density at radius 3 is 3.17 bits per heavy atom. The number of likely N-dealkylation sites (tertiary alicyclic amines) is 1. The summed E-state index contributed by atoms with van der Waals surface area (Å²) in [6, 6.07) is 6.34. The van der Waals surface area contributed by atoms with Crippen LogP contribution < -0.4 is 5.32 Å². The number of amides is 1. The quantitative estimate of drug-likeness (QED) is 0.881. The van der Waals surface area contributed by atoms with E-state index in [-0.39, 0.29) is 11.9 Å². The molecule has 0 unspecified atom stereocenters. The number of hydrogen-bond acceptors (Lipinski definition) is 5. The van der Waals surface area contributed by atoms with Crippen molar-refractivity contribution in [1.82, 2.24) is 15.4 Å². The molecule has 1 aliphatic rings. The molecule has 1 atom stereocenters. The van der Waals surface area contributed by atoms with E-state index in [1.54, 1.807) is 11.3 Å². The summed E-state index contributed by atoms with van der Waals surface area (Å²) >= 11 is 1.67. The Labute approximate surface area is 140 Å². The molecule has 2 aromatic heterocycles. The van der Waals surface area contributed by atoms with Crippen LogP contribution in [0.25, 0.3) is 0 Å². The minimum absolute atomic E-state index is 0.110. The van der Waals surface area contributed by atoms with Crippen LogP contribution in [0.1, 0.15) is 48.1 Å². The van der Waals surface area contributed by atoms with Gasteiger partial charge in [-0.25, -0.2) is 0 Å². The number of carbonyl (C=O) groups is 1. The monoisotopic (exact) mass is 333 g/mol. The van der Waals surface area contributed by atoms with Crippen LogP contribution in [0.5, 0.6) is 0 Å². The van der Waals surface area contributed by atoms with Gasteiger partial charge < -0.3 is 9.84 Å². The van der Waals surface area contributed by atoms with Gasteiger partial charge in [-0.15, -0.1) is 11.3 Å². The van der Waals surface area contributed by atoms with E-state index in [1.807, 2.05) is 30.5 Å². The van der Waals surface area contributed by atoms with Crippen molar-refractivity contribution in [2.24, 2.45) is 0 Å². The molecule has 0 aliphatic carbocycles. The average molecular weight is 333 g/mol. The van der Waals surface area contributed by atoms with Crippen LogP contribution in [0.3, 0.4) is 0 Å². The number of aromatic nitrogens is 1. The molecule has 1 fully saturated rings. The Bertz CT molecular complexity index is 624. The van der Waals surface area contributed by atoms with Gasteiger partial charge in [0.25, 0.3) is 0 Å². The van der Waals surface area contributed by atoms with Gasteiger partial charge in [0.15, 0.2) is 0 Å². The minimum atomic E-state index is 0.110. The van der Waals surface area contributed by atoms with Crippen molar-refractivity contribution in [3.05, 3.63) is 39.9 Å². The van der Waals surface area contributed by atoms with E-state index < -0.39 is 0 Å². The van der Waals surface area contributed by atoms with Gasteiger partial charge in [-0.05, 0) is 37.8 Å². The summed E-state index contributed by atoms with van der Waals surface area (Å²) in [5.41, 5.74) is 1.00. The van der Waals surface area contributed by atoms with Crippen LogP contribution in [0.15, 0.2) is 28.1 Å². The number of carbonyl (C=O) groups excluding carboxylic acids is 1. The molecular formula is C17H23N3O2S. The van der Waals surface area contributed by atoms with Crippen molar-refractivity contribution < 1.29 is 9.32 Å². The normalized spacial score (nSPS) is 18.9. The summed E-state index contributed by atoms with van der Waals surface area (Å²) in [7, 11) is 0. The second-order valence-corrected chi connectivity index (χ2v) is 7.05. The lowest BCUT2D eigenvalue weighted by atomic mass is 9.99. The summed E-state index contributed by atoms with van der Waals surface area (Å²) in [4.78, 5) is 15.6. The Hall–Kier alpha value is -1.66. The molecule has 1 saturated heterocycles. The van der Waals surface area contributed by atoms with Gasteiger partial charge in [-0.2, -0.15) is 0 Å². The fourth-order valence-electron chi connectivity index (χ4n) is 3.07.